The van der Waals surface area contributed by atoms with Gasteiger partial charge in [-0.2, -0.15) is 5.10 Å². The number of aryl methyl sites for hydroxylation is 2. The average Bonchev–Trinajstić information content (AvgIpc) is 3.03. The molecule has 2 heterocycles. The van der Waals surface area contributed by atoms with Crippen molar-refractivity contribution in [3.63, 3.8) is 0 Å². The number of carbonyl (C=O) groups is 1. The summed E-state index contributed by atoms with van der Waals surface area (Å²) in [7, 11) is 0. The quantitative estimate of drug-likeness (QED) is 0.659. The predicted octanol–water partition coefficient (Wildman–Crippen LogP) is 4.53. The molecule has 1 aliphatic rings. The lowest BCUT2D eigenvalue weighted by Gasteiger charge is -2.23. The van der Waals surface area contributed by atoms with E-state index in [1.807, 2.05) is 60.1 Å². The minimum absolute atomic E-state index is 0.0419. The maximum Gasteiger partial charge on any atom is 0.319 e. The first-order valence-corrected chi connectivity index (χ1v) is 10.3. The molecule has 144 valence electrons. The van der Waals surface area contributed by atoms with E-state index < -0.39 is 0 Å². The number of carbonyl (C=O) groups excluding carboxylic acids is 1. The van der Waals surface area contributed by atoms with Crippen molar-refractivity contribution in [3.8, 4) is 0 Å². The van der Waals surface area contributed by atoms with Crippen molar-refractivity contribution in [2.75, 3.05) is 5.32 Å². The molecule has 2 amide bonds. The van der Waals surface area contributed by atoms with Crippen LogP contribution in [0.1, 0.15) is 18.1 Å². The zero-order chi connectivity index (χ0) is 19.5. The molecule has 28 heavy (non-hydrogen) atoms. The van der Waals surface area contributed by atoms with Crippen molar-refractivity contribution in [1.82, 2.24) is 20.1 Å². The second kappa shape index (κ2) is 8.24. The van der Waals surface area contributed by atoms with E-state index in [4.69, 9.17) is 11.6 Å². The van der Waals surface area contributed by atoms with Crippen molar-refractivity contribution in [1.29, 1.82) is 0 Å². The minimum Gasteiger partial charge on any atom is -0.333 e. The molecular formula is C20H20ClN5OS. The molecule has 1 unspecified atom stereocenters. The third-order valence-electron chi connectivity index (χ3n) is 4.44. The molecule has 1 aromatic heterocycles. The number of amides is 2. The molecule has 0 bridgehead atoms. The molecule has 0 aliphatic carbocycles. The van der Waals surface area contributed by atoms with E-state index in [0.29, 0.717) is 11.6 Å². The summed E-state index contributed by atoms with van der Waals surface area (Å²) >= 11 is 7.55. The summed E-state index contributed by atoms with van der Waals surface area (Å²) in [5.41, 5.74) is 0.754. The normalized spacial score (nSPS) is 15.7. The summed E-state index contributed by atoms with van der Waals surface area (Å²) in [6.07, 6.45) is 1.68. The molecule has 0 saturated carbocycles. The van der Waals surface area contributed by atoms with Gasteiger partial charge in [0.15, 0.2) is 0 Å². The van der Waals surface area contributed by atoms with Crippen LogP contribution < -0.4 is 10.6 Å². The van der Waals surface area contributed by atoms with E-state index in [2.05, 4.69) is 20.7 Å². The highest BCUT2D eigenvalue weighted by Gasteiger charge is 2.22. The molecule has 3 aromatic rings. The van der Waals surface area contributed by atoms with Crippen LogP contribution in [0.2, 0.25) is 5.02 Å². The molecule has 2 aromatic carbocycles. The van der Waals surface area contributed by atoms with Gasteiger partial charge in [0.1, 0.15) is 11.6 Å². The Morgan fingerprint density at radius 3 is 2.86 bits per heavy atom. The Labute approximate surface area is 172 Å². The van der Waals surface area contributed by atoms with Gasteiger partial charge in [-0.3, -0.25) is 0 Å². The number of nitrogens with one attached hydrogen (secondary N) is 2. The molecular weight excluding hydrogens is 394 g/mol. The van der Waals surface area contributed by atoms with E-state index in [1.165, 1.54) is 0 Å². The van der Waals surface area contributed by atoms with Crippen molar-refractivity contribution in [2.45, 2.75) is 42.1 Å². The van der Waals surface area contributed by atoms with E-state index in [1.54, 1.807) is 11.8 Å². The van der Waals surface area contributed by atoms with Crippen LogP contribution in [0.5, 0.6) is 0 Å². The number of rotatable bonds is 4. The van der Waals surface area contributed by atoms with Crippen molar-refractivity contribution in [3.05, 3.63) is 65.2 Å². The summed E-state index contributed by atoms with van der Waals surface area (Å²) in [5.74, 6) is 1.76. The molecule has 6 nitrogen and oxygen atoms in total. The van der Waals surface area contributed by atoms with Crippen LogP contribution in [0.4, 0.5) is 10.5 Å². The highest BCUT2D eigenvalue weighted by Crippen LogP contribution is 2.30. The van der Waals surface area contributed by atoms with E-state index in [9.17, 15) is 4.79 Å². The summed E-state index contributed by atoms with van der Waals surface area (Å²) < 4.78 is 1.88. The van der Waals surface area contributed by atoms with Gasteiger partial charge in [0, 0.05) is 26.9 Å². The smallest absolute Gasteiger partial charge is 0.319 e. The highest BCUT2D eigenvalue weighted by atomic mass is 35.5. The standard InChI is InChI=1S/C20H20ClN5OS/c1-13-22-19-10-7-16(12-26(19)25-13)24-20(27)23-15-3-2-4-18(11-15)28-17-8-5-14(21)6-9-17/h2-6,8-9,11,16H,7,10,12H2,1H3,(H2,23,24,27). The topological polar surface area (TPSA) is 71.8 Å². The van der Waals surface area contributed by atoms with Crippen LogP contribution in [0.15, 0.2) is 58.3 Å². The van der Waals surface area contributed by atoms with Crippen molar-refractivity contribution >= 4 is 35.1 Å². The minimum atomic E-state index is -0.209. The molecule has 4 rings (SSSR count). The van der Waals surface area contributed by atoms with Crippen molar-refractivity contribution in [2.24, 2.45) is 0 Å². The number of hydrogen-bond acceptors (Lipinski definition) is 4. The maximum atomic E-state index is 12.4. The zero-order valence-electron chi connectivity index (χ0n) is 15.4. The van der Waals surface area contributed by atoms with E-state index >= 15 is 0 Å². The SMILES string of the molecule is Cc1nc2n(n1)CC(NC(=O)Nc1cccc(Sc3ccc(Cl)cc3)c1)CC2. The number of nitrogens with zero attached hydrogens (tertiary/aromatic N) is 3. The lowest BCUT2D eigenvalue weighted by Crippen LogP contribution is -2.43. The number of halogens is 1. The van der Waals surface area contributed by atoms with Crippen LogP contribution in [-0.2, 0) is 13.0 Å². The van der Waals surface area contributed by atoms with Crippen LogP contribution in [0.25, 0.3) is 0 Å². The largest absolute Gasteiger partial charge is 0.333 e. The van der Waals surface area contributed by atoms with Gasteiger partial charge in [0.2, 0.25) is 0 Å². The number of hydrogen-bond donors (Lipinski definition) is 2. The Morgan fingerprint density at radius 1 is 1.21 bits per heavy atom. The van der Waals surface area contributed by atoms with Gasteiger partial charge >= 0.3 is 6.03 Å². The van der Waals surface area contributed by atoms with Gasteiger partial charge in [-0.1, -0.05) is 29.4 Å². The first kappa shape index (κ1) is 18.8. The summed E-state index contributed by atoms with van der Waals surface area (Å²) in [4.78, 5) is 18.9. The average molecular weight is 414 g/mol. The summed E-state index contributed by atoms with van der Waals surface area (Å²) in [6.45, 7) is 2.53. The lowest BCUT2D eigenvalue weighted by molar-refractivity contribution is 0.243. The highest BCUT2D eigenvalue weighted by molar-refractivity contribution is 7.99. The Morgan fingerprint density at radius 2 is 2.04 bits per heavy atom. The molecule has 1 atom stereocenters. The predicted molar refractivity (Wildman–Crippen MR) is 111 cm³/mol. The Bertz CT molecular complexity index is 989. The number of benzene rings is 2. The molecule has 0 radical (unpaired) electrons. The number of fused-ring (bicyclic) bond motifs is 1. The molecule has 0 spiro atoms. The maximum absolute atomic E-state index is 12.4. The fourth-order valence-corrected chi connectivity index (χ4v) is 4.18. The van der Waals surface area contributed by atoms with Gasteiger partial charge < -0.3 is 10.6 Å². The third-order valence-corrected chi connectivity index (χ3v) is 5.69. The number of urea groups is 1. The van der Waals surface area contributed by atoms with Gasteiger partial charge in [0.05, 0.1) is 12.6 Å². The molecule has 0 saturated heterocycles. The second-order valence-corrected chi connectivity index (χ2v) is 8.26. The molecule has 2 N–H and O–H groups in total. The number of aromatic nitrogens is 3. The molecule has 1 aliphatic heterocycles. The third kappa shape index (κ3) is 4.66. The fraction of sp³-hybridized carbons (Fsp3) is 0.250. The van der Waals surface area contributed by atoms with Gasteiger partial charge in [-0.05, 0) is 55.8 Å². The Hall–Kier alpha value is -2.51. The van der Waals surface area contributed by atoms with Gasteiger partial charge in [-0.25, -0.2) is 14.5 Å². The van der Waals surface area contributed by atoms with Crippen LogP contribution in [0, 0.1) is 6.92 Å². The van der Waals surface area contributed by atoms with Gasteiger partial charge in [0.25, 0.3) is 0 Å². The lowest BCUT2D eigenvalue weighted by atomic mass is 10.1. The number of anilines is 1. The van der Waals surface area contributed by atoms with Crippen LogP contribution in [0.3, 0.4) is 0 Å². The van der Waals surface area contributed by atoms with Crippen LogP contribution in [-0.4, -0.2) is 26.8 Å². The second-order valence-electron chi connectivity index (χ2n) is 6.68. The monoisotopic (exact) mass is 413 g/mol. The zero-order valence-corrected chi connectivity index (χ0v) is 16.9. The first-order valence-electron chi connectivity index (χ1n) is 9.06. The fourth-order valence-electron chi connectivity index (χ4n) is 3.18. The molecule has 0 fully saturated rings. The van der Waals surface area contributed by atoms with E-state index in [-0.39, 0.29) is 12.1 Å². The summed E-state index contributed by atoms with van der Waals surface area (Å²) in [6, 6.07) is 15.3. The van der Waals surface area contributed by atoms with E-state index in [0.717, 1.165) is 40.0 Å². The Balaban J connectivity index is 1.35. The van der Waals surface area contributed by atoms with Gasteiger partial charge in [-0.15, -0.1) is 0 Å². The van der Waals surface area contributed by atoms with Crippen molar-refractivity contribution < 1.29 is 4.79 Å². The first-order chi connectivity index (χ1) is 13.5. The molecule has 8 heteroatoms. The Kier molecular flexibility index (Phi) is 5.54. The summed E-state index contributed by atoms with van der Waals surface area (Å²) in [5, 5.41) is 11.0. The van der Waals surface area contributed by atoms with Crippen LogP contribution >= 0.6 is 23.4 Å².